The smallest absolute Gasteiger partial charge is 0.351 e. The Kier molecular flexibility index (Phi) is 13.4. The minimum absolute atomic E-state index is 0.0149. The molecule has 14 heteroatoms. The lowest BCUT2D eigenvalue weighted by atomic mass is 9.80. The molecule has 0 spiro atoms. The van der Waals surface area contributed by atoms with Gasteiger partial charge in [-0.3, -0.25) is 14.0 Å². The molecular formula is C44H49F2N4O7P. The fourth-order valence-corrected chi connectivity index (χ4v) is 9.43. The van der Waals surface area contributed by atoms with E-state index in [0.717, 1.165) is 16.3 Å². The summed E-state index contributed by atoms with van der Waals surface area (Å²) in [6.45, 7) is 9.33. The van der Waals surface area contributed by atoms with Crippen LogP contribution in [-0.4, -0.2) is 77.8 Å². The number of hydrogen-bond donors (Lipinski definition) is 1. The second kappa shape index (κ2) is 18.3. The number of rotatable bonds is 16. The summed E-state index contributed by atoms with van der Waals surface area (Å²) in [6, 6.07) is 33.8. The Hall–Kier alpha value is -5.04. The van der Waals surface area contributed by atoms with Gasteiger partial charge in [0.1, 0.15) is 37.3 Å². The molecule has 1 aromatic heterocycles. The summed E-state index contributed by atoms with van der Waals surface area (Å²) >= 11 is 0. The highest BCUT2D eigenvalue weighted by Gasteiger charge is 2.62. The van der Waals surface area contributed by atoms with Gasteiger partial charge in [-0.1, -0.05) is 72.8 Å². The van der Waals surface area contributed by atoms with Gasteiger partial charge in [-0.25, -0.2) is 4.79 Å². The Morgan fingerprint density at radius 2 is 1.36 bits per heavy atom. The van der Waals surface area contributed by atoms with Gasteiger partial charge >= 0.3 is 11.6 Å². The van der Waals surface area contributed by atoms with Crippen LogP contribution in [0, 0.1) is 0 Å². The minimum atomic E-state index is -3.75. The topological polar surface area (TPSA) is 113 Å². The number of ether oxygens (including phenoxy) is 4. The monoisotopic (exact) mass is 814 g/mol. The van der Waals surface area contributed by atoms with E-state index < -0.39 is 49.9 Å². The van der Waals surface area contributed by atoms with E-state index in [1.807, 2.05) is 111 Å². The number of carbonyl (C=O) groups excluding carboxylic acids is 1. The molecule has 4 atom stereocenters. The van der Waals surface area contributed by atoms with E-state index in [1.165, 1.54) is 6.07 Å². The van der Waals surface area contributed by atoms with E-state index in [1.54, 1.807) is 51.2 Å². The maximum atomic E-state index is 17.1. The van der Waals surface area contributed by atoms with Gasteiger partial charge in [0, 0.05) is 23.8 Å². The standard InChI is InChI=1S/C44H49F2N4O7P/c1-29(2)50(30(3)4)58(7)57-39-37(56-41(44(39,45)46)49-27-26-38(48-42(49)52)47-40(51)31-14-10-8-11-15-31)28-55-43(32-16-12-9-13-17-32,33-18-22-35(53-5)23-19-33)34-20-24-36(54-6)25-21-34/h8-27,29-30,37,39,41H,28H2,1-7H3,(H,47,48,51,52)/t37-,39-,41-,58?/m1/s1. The molecule has 1 amide bonds. The highest BCUT2D eigenvalue weighted by molar-refractivity contribution is 7.49. The van der Waals surface area contributed by atoms with Crippen molar-refractivity contribution < 1.29 is 37.0 Å². The molecular weight excluding hydrogens is 765 g/mol. The van der Waals surface area contributed by atoms with E-state index in [-0.39, 0.29) is 24.5 Å². The molecule has 58 heavy (non-hydrogen) atoms. The quantitative estimate of drug-likeness (QED) is 0.0774. The van der Waals surface area contributed by atoms with Crippen molar-refractivity contribution in [2.75, 3.05) is 32.8 Å². The van der Waals surface area contributed by atoms with E-state index in [4.69, 9.17) is 23.5 Å². The first-order valence-electron chi connectivity index (χ1n) is 19.0. The number of halogens is 2. The zero-order valence-electron chi connectivity index (χ0n) is 33.5. The molecule has 0 radical (unpaired) electrons. The number of aromatic nitrogens is 2. The van der Waals surface area contributed by atoms with Crippen molar-refractivity contribution >= 4 is 20.0 Å². The molecule has 306 valence electrons. The number of nitrogens with zero attached hydrogens (tertiary/aromatic N) is 3. The number of carbonyl (C=O) groups is 1. The lowest BCUT2D eigenvalue weighted by molar-refractivity contribution is -0.137. The summed E-state index contributed by atoms with van der Waals surface area (Å²) in [4.78, 5) is 30.2. The van der Waals surface area contributed by atoms with Crippen molar-refractivity contribution in [1.82, 2.24) is 14.2 Å². The molecule has 2 heterocycles. The number of nitrogens with one attached hydrogen (secondary N) is 1. The maximum Gasteiger partial charge on any atom is 0.351 e. The summed E-state index contributed by atoms with van der Waals surface area (Å²) in [5.74, 6) is -3.12. The van der Waals surface area contributed by atoms with Crippen LogP contribution in [0.1, 0.15) is 61.0 Å². The molecule has 4 aromatic carbocycles. The van der Waals surface area contributed by atoms with Crippen LogP contribution in [0.3, 0.4) is 0 Å². The Morgan fingerprint density at radius 3 is 1.86 bits per heavy atom. The van der Waals surface area contributed by atoms with Crippen LogP contribution in [-0.2, 0) is 19.6 Å². The van der Waals surface area contributed by atoms with Gasteiger partial charge in [0.05, 0.1) is 20.8 Å². The van der Waals surface area contributed by atoms with Crippen molar-refractivity contribution in [3.63, 3.8) is 0 Å². The first-order chi connectivity index (χ1) is 27.8. The van der Waals surface area contributed by atoms with E-state index in [2.05, 4.69) is 10.3 Å². The van der Waals surface area contributed by atoms with Gasteiger partial charge in [0.25, 0.3) is 5.91 Å². The summed E-state index contributed by atoms with van der Waals surface area (Å²) in [5, 5.41) is 2.56. The van der Waals surface area contributed by atoms with E-state index >= 15 is 8.78 Å². The molecule has 11 nitrogen and oxygen atoms in total. The first kappa shape index (κ1) is 42.6. The van der Waals surface area contributed by atoms with Crippen LogP contribution >= 0.6 is 8.30 Å². The summed E-state index contributed by atoms with van der Waals surface area (Å²) in [5.41, 5.74) is 0.0559. The third kappa shape index (κ3) is 8.84. The number of anilines is 1. The average molecular weight is 815 g/mol. The second-order valence-electron chi connectivity index (χ2n) is 14.4. The van der Waals surface area contributed by atoms with Crippen LogP contribution in [0.4, 0.5) is 14.6 Å². The lowest BCUT2D eigenvalue weighted by Crippen LogP contribution is -2.45. The highest BCUT2D eigenvalue weighted by atomic mass is 31.2. The largest absolute Gasteiger partial charge is 0.497 e. The fraction of sp³-hybridized carbons (Fsp3) is 0.341. The zero-order valence-corrected chi connectivity index (χ0v) is 34.4. The van der Waals surface area contributed by atoms with E-state index in [9.17, 15) is 9.59 Å². The van der Waals surface area contributed by atoms with Crippen LogP contribution < -0.4 is 20.5 Å². The zero-order chi connectivity index (χ0) is 41.6. The Morgan fingerprint density at radius 1 is 0.845 bits per heavy atom. The summed E-state index contributed by atoms with van der Waals surface area (Å²) < 4.78 is 67.5. The van der Waals surface area contributed by atoms with E-state index in [0.29, 0.717) is 28.2 Å². The molecule has 1 N–H and O–H groups in total. The van der Waals surface area contributed by atoms with Crippen molar-refractivity contribution in [2.45, 2.75) is 69.7 Å². The predicted octanol–water partition coefficient (Wildman–Crippen LogP) is 8.50. The molecule has 0 bridgehead atoms. The first-order valence-corrected chi connectivity index (χ1v) is 20.6. The molecule has 1 aliphatic heterocycles. The van der Waals surface area contributed by atoms with Gasteiger partial charge in [-0.15, -0.1) is 0 Å². The SMILES string of the molecule is COc1ccc(C(OC[C@H]2O[C@@H](n3ccc(NC(=O)c4ccccc4)nc3=O)C(F)(F)[C@@H]2OP(C)N(C(C)C)C(C)C)(c2ccccc2)c2ccc(OC)cc2)cc1. The van der Waals surface area contributed by atoms with Crippen LogP contribution in [0.5, 0.6) is 11.5 Å². The molecule has 0 aliphatic carbocycles. The van der Waals surface area contributed by atoms with Crippen LogP contribution in [0.2, 0.25) is 0 Å². The molecule has 1 aliphatic rings. The van der Waals surface area contributed by atoms with Gasteiger partial charge in [-0.05, 0) is 93.5 Å². The summed E-state index contributed by atoms with van der Waals surface area (Å²) in [7, 11) is 1.55. The third-order valence-electron chi connectivity index (χ3n) is 10.00. The Labute approximate surface area is 338 Å². The number of amides is 1. The number of hydrogen-bond acceptors (Lipinski definition) is 9. The normalized spacial score (nSPS) is 18.4. The van der Waals surface area contributed by atoms with Crippen LogP contribution in [0.25, 0.3) is 0 Å². The second-order valence-corrected chi connectivity index (χ2v) is 16.0. The highest BCUT2D eigenvalue weighted by Crippen LogP contribution is 2.52. The molecule has 0 saturated carbocycles. The van der Waals surface area contributed by atoms with Gasteiger partial charge in [-0.2, -0.15) is 13.8 Å². The molecule has 5 aromatic rings. The van der Waals surface area contributed by atoms with Crippen LogP contribution in [0.15, 0.2) is 126 Å². The van der Waals surface area contributed by atoms with Crippen molar-refractivity contribution in [3.05, 3.63) is 154 Å². The Bertz CT molecular complexity index is 2120. The predicted molar refractivity (Wildman–Crippen MR) is 220 cm³/mol. The molecule has 6 rings (SSSR count). The average Bonchev–Trinajstić information content (AvgIpc) is 3.46. The minimum Gasteiger partial charge on any atom is -0.497 e. The van der Waals surface area contributed by atoms with Gasteiger partial charge in [0.2, 0.25) is 6.23 Å². The molecule has 1 unspecified atom stereocenters. The van der Waals surface area contributed by atoms with Crippen molar-refractivity contribution in [1.29, 1.82) is 0 Å². The Balaban J connectivity index is 1.41. The number of alkyl halides is 2. The fourth-order valence-electron chi connectivity index (χ4n) is 7.42. The van der Waals surface area contributed by atoms with Gasteiger partial charge in [0.15, 0.2) is 6.10 Å². The molecule has 1 fully saturated rings. The lowest BCUT2D eigenvalue weighted by Gasteiger charge is -2.39. The third-order valence-corrected chi connectivity index (χ3v) is 12.1. The number of benzene rings is 4. The van der Waals surface area contributed by atoms with Crippen molar-refractivity contribution in [3.8, 4) is 11.5 Å². The van der Waals surface area contributed by atoms with Crippen molar-refractivity contribution in [2.24, 2.45) is 0 Å². The molecule has 1 saturated heterocycles. The van der Waals surface area contributed by atoms with Gasteiger partial charge < -0.3 is 28.8 Å². The summed E-state index contributed by atoms with van der Waals surface area (Å²) in [6.07, 6.45) is -4.21. The number of methoxy groups -OCH3 is 2. The maximum absolute atomic E-state index is 17.1.